The molecule has 34 heavy (non-hydrogen) atoms. The number of carbonyl (C=O) groups excluding carboxylic acids is 1. The van der Waals surface area contributed by atoms with Gasteiger partial charge >= 0.3 is 5.97 Å². The lowest BCUT2D eigenvalue weighted by atomic mass is 10.0. The van der Waals surface area contributed by atoms with Gasteiger partial charge in [0.25, 0.3) is 0 Å². The van der Waals surface area contributed by atoms with Crippen LogP contribution in [-0.2, 0) is 20.9 Å². The first-order chi connectivity index (χ1) is 16.6. The zero-order valence-corrected chi connectivity index (χ0v) is 19.7. The minimum absolute atomic E-state index is 0.341. The van der Waals surface area contributed by atoms with Crippen LogP contribution in [0.5, 0.6) is 11.5 Å². The van der Waals surface area contributed by atoms with E-state index < -0.39 is 6.10 Å². The number of carbonyl (C=O) groups is 1. The van der Waals surface area contributed by atoms with Gasteiger partial charge in [-0.15, -0.1) is 0 Å². The van der Waals surface area contributed by atoms with Gasteiger partial charge in [-0.25, -0.2) is 4.79 Å². The van der Waals surface area contributed by atoms with Crippen molar-refractivity contribution in [1.82, 2.24) is 0 Å². The first kappa shape index (κ1) is 23.6. The second-order valence-corrected chi connectivity index (χ2v) is 8.08. The molecule has 0 aliphatic carbocycles. The highest BCUT2D eigenvalue weighted by atomic mass is 16.6. The van der Waals surface area contributed by atoms with E-state index in [1.165, 1.54) is 0 Å². The molecule has 6 nitrogen and oxygen atoms in total. The molecule has 1 aliphatic heterocycles. The first-order valence-corrected chi connectivity index (χ1v) is 11.7. The molecule has 0 bridgehead atoms. The molecule has 4 rings (SSSR count). The van der Waals surface area contributed by atoms with E-state index in [0.717, 1.165) is 47.0 Å². The van der Waals surface area contributed by atoms with E-state index in [2.05, 4.69) is 35.2 Å². The summed E-state index contributed by atoms with van der Waals surface area (Å²) in [6.45, 7) is 7.14. The van der Waals surface area contributed by atoms with Crippen LogP contribution in [0.4, 0.5) is 5.69 Å². The second-order valence-electron chi connectivity index (χ2n) is 8.08. The van der Waals surface area contributed by atoms with Gasteiger partial charge in [-0.05, 0) is 60.9 Å². The number of hydrogen-bond acceptors (Lipinski definition) is 6. The van der Waals surface area contributed by atoms with Gasteiger partial charge in [0, 0.05) is 0 Å². The number of rotatable bonds is 10. The lowest BCUT2D eigenvalue weighted by Crippen LogP contribution is -2.35. The molecule has 0 amide bonds. The Morgan fingerprint density at radius 2 is 1.85 bits per heavy atom. The molecule has 1 aliphatic rings. The van der Waals surface area contributed by atoms with Crippen LogP contribution in [0.15, 0.2) is 72.8 Å². The van der Waals surface area contributed by atoms with Gasteiger partial charge < -0.3 is 23.8 Å². The zero-order chi connectivity index (χ0) is 23.8. The summed E-state index contributed by atoms with van der Waals surface area (Å²) < 4.78 is 22.4. The Morgan fingerprint density at radius 3 is 2.68 bits per heavy atom. The Bertz CT molecular complexity index is 1080. The predicted octanol–water partition coefficient (Wildman–Crippen LogP) is 5.10. The quantitative estimate of drug-likeness (QED) is 0.392. The Hall–Kier alpha value is -3.51. The molecule has 0 fully saturated rings. The molecule has 0 radical (unpaired) electrons. The van der Waals surface area contributed by atoms with Crippen LogP contribution in [-0.4, -0.2) is 45.0 Å². The van der Waals surface area contributed by atoms with Crippen molar-refractivity contribution in [3.05, 3.63) is 78.4 Å². The van der Waals surface area contributed by atoms with E-state index in [-0.39, 0.29) is 5.97 Å². The number of hydrogen-bond donors (Lipinski definition) is 0. The molecule has 0 aromatic heterocycles. The fourth-order valence-corrected chi connectivity index (χ4v) is 3.87. The number of benzene rings is 3. The number of fused-ring (bicyclic) bond motifs is 1. The zero-order valence-electron chi connectivity index (χ0n) is 19.7. The van der Waals surface area contributed by atoms with Crippen LogP contribution in [0.1, 0.15) is 19.4 Å². The molecular formula is C28H31NO5. The standard InChI is InChI=1S/C28H31NO5/c1-3-31-28(30)21(2)34-20-22-7-6-8-24(19-22)23-11-13-25(14-12-23)32-17-15-29-16-18-33-27-10-5-4-9-26(27)29/h4-14,19,21H,3,15-18,20H2,1-2H3. The van der Waals surface area contributed by atoms with Crippen molar-refractivity contribution < 1.29 is 23.7 Å². The van der Waals surface area contributed by atoms with E-state index in [4.69, 9.17) is 18.9 Å². The number of ether oxygens (including phenoxy) is 4. The summed E-state index contributed by atoms with van der Waals surface area (Å²) in [5.41, 5.74) is 4.30. The lowest BCUT2D eigenvalue weighted by Gasteiger charge is -2.31. The Balaban J connectivity index is 1.30. The molecule has 1 unspecified atom stereocenters. The predicted molar refractivity (Wildman–Crippen MR) is 132 cm³/mol. The van der Waals surface area contributed by atoms with Crippen molar-refractivity contribution in [2.24, 2.45) is 0 Å². The third-order valence-corrected chi connectivity index (χ3v) is 5.69. The maximum atomic E-state index is 11.7. The topological polar surface area (TPSA) is 57.2 Å². The third kappa shape index (κ3) is 6.08. The maximum Gasteiger partial charge on any atom is 0.334 e. The minimum Gasteiger partial charge on any atom is -0.492 e. The summed E-state index contributed by atoms with van der Waals surface area (Å²) in [5, 5.41) is 0. The van der Waals surface area contributed by atoms with Gasteiger partial charge in [-0.3, -0.25) is 0 Å². The van der Waals surface area contributed by atoms with E-state index >= 15 is 0 Å². The van der Waals surface area contributed by atoms with Crippen LogP contribution in [0.3, 0.4) is 0 Å². The molecule has 3 aromatic rings. The van der Waals surface area contributed by atoms with E-state index in [1.54, 1.807) is 13.8 Å². The highest BCUT2D eigenvalue weighted by molar-refractivity contribution is 5.74. The van der Waals surface area contributed by atoms with Gasteiger partial charge in [0.1, 0.15) is 24.7 Å². The molecular weight excluding hydrogens is 430 g/mol. The van der Waals surface area contributed by atoms with E-state index in [1.807, 2.05) is 42.5 Å². The number of esters is 1. The van der Waals surface area contributed by atoms with Crippen molar-refractivity contribution in [1.29, 1.82) is 0 Å². The van der Waals surface area contributed by atoms with Crippen molar-refractivity contribution in [3.63, 3.8) is 0 Å². The smallest absolute Gasteiger partial charge is 0.334 e. The number of para-hydroxylation sites is 2. The summed E-state index contributed by atoms with van der Waals surface area (Å²) in [4.78, 5) is 14.0. The van der Waals surface area contributed by atoms with Crippen LogP contribution >= 0.6 is 0 Å². The van der Waals surface area contributed by atoms with Gasteiger partial charge in [0.05, 0.1) is 32.0 Å². The molecule has 0 saturated heterocycles. The molecule has 1 atom stereocenters. The molecule has 178 valence electrons. The summed E-state index contributed by atoms with van der Waals surface area (Å²) in [5.74, 6) is 1.43. The minimum atomic E-state index is -0.592. The molecule has 0 N–H and O–H groups in total. The van der Waals surface area contributed by atoms with Crippen molar-refractivity contribution in [2.45, 2.75) is 26.6 Å². The summed E-state index contributed by atoms with van der Waals surface area (Å²) in [6.07, 6.45) is -0.592. The maximum absolute atomic E-state index is 11.7. The van der Waals surface area contributed by atoms with Crippen LogP contribution in [0, 0.1) is 0 Å². The van der Waals surface area contributed by atoms with E-state index in [0.29, 0.717) is 26.4 Å². The monoisotopic (exact) mass is 461 g/mol. The van der Waals surface area contributed by atoms with Gasteiger partial charge in [0.2, 0.25) is 0 Å². The average molecular weight is 462 g/mol. The van der Waals surface area contributed by atoms with Crippen molar-refractivity contribution in [3.8, 4) is 22.6 Å². The van der Waals surface area contributed by atoms with Crippen LogP contribution in [0.25, 0.3) is 11.1 Å². The number of anilines is 1. The van der Waals surface area contributed by atoms with Gasteiger partial charge in [0.15, 0.2) is 6.10 Å². The highest BCUT2D eigenvalue weighted by Gasteiger charge is 2.17. The van der Waals surface area contributed by atoms with Gasteiger partial charge in [-0.2, -0.15) is 0 Å². The van der Waals surface area contributed by atoms with Crippen molar-refractivity contribution in [2.75, 3.05) is 37.8 Å². The fraction of sp³-hybridized carbons (Fsp3) is 0.321. The molecule has 3 aromatic carbocycles. The first-order valence-electron chi connectivity index (χ1n) is 11.7. The Morgan fingerprint density at radius 1 is 1.03 bits per heavy atom. The Kier molecular flexibility index (Phi) is 8.04. The summed E-state index contributed by atoms with van der Waals surface area (Å²) in [6, 6.07) is 24.3. The molecule has 0 spiro atoms. The SMILES string of the molecule is CCOC(=O)C(C)OCc1cccc(-c2ccc(OCCN3CCOc4ccccc43)cc2)c1. The normalized spacial score (nSPS) is 13.5. The highest BCUT2D eigenvalue weighted by Crippen LogP contribution is 2.30. The van der Waals surface area contributed by atoms with Gasteiger partial charge in [-0.1, -0.05) is 42.5 Å². The molecule has 6 heteroatoms. The molecule has 1 heterocycles. The van der Waals surface area contributed by atoms with Crippen LogP contribution < -0.4 is 14.4 Å². The third-order valence-electron chi connectivity index (χ3n) is 5.69. The molecule has 0 saturated carbocycles. The summed E-state index contributed by atoms with van der Waals surface area (Å²) in [7, 11) is 0. The second kappa shape index (κ2) is 11.6. The average Bonchev–Trinajstić information content (AvgIpc) is 2.88. The lowest BCUT2D eigenvalue weighted by molar-refractivity contribution is -0.156. The van der Waals surface area contributed by atoms with E-state index in [9.17, 15) is 4.79 Å². The van der Waals surface area contributed by atoms with Crippen molar-refractivity contribution >= 4 is 11.7 Å². The summed E-state index contributed by atoms with van der Waals surface area (Å²) >= 11 is 0. The fourth-order valence-electron chi connectivity index (χ4n) is 3.87. The largest absolute Gasteiger partial charge is 0.492 e. The number of nitrogens with zero attached hydrogens (tertiary/aromatic N) is 1. The van der Waals surface area contributed by atoms with Crippen LogP contribution in [0.2, 0.25) is 0 Å². The Labute approximate surface area is 201 Å².